The van der Waals surface area contributed by atoms with Crippen LogP contribution in [0.4, 0.5) is 5.69 Å². The first-order valence-electron chi connectivity index (χ1n) is 14.4. The van der Waals surface area contributed by atoms with Crippen LogP contribution in [-0.2, 0) is 0 Å². The molecule has 6 heteroatoms. The van der Waals surface area contributed by atoms with Crippen molar-refractivity contribution in [3.8, 4) is 5.75 Å². The lowest BCUT2D eigenvalue weighted by Crippen LogP contribution is -2.38. The molecular formula is C34H41N3O3. The lowest BCUT2D eigenvalue weighted by Gasteiger charge is -2.33. The molecule has 0 saturated heterocycles. The maximum Gasteiger partial charge on any atom is 0.343 e. The van der Waals surface area contributed by atoms with Gasteiger partial charge in [0.15, 0.2) is 0 Å². The van der Waals surface area contributed by atoms with Crippen LogP contribution in [0.1, 0.15) is 63.5 Å². The maximum atomic E-state index is 13.6. The molecule has 0 aliphatic carbocycles. The van der Waals surface area contributed by atoms with E-state index in [9.17, 15) is 9.90 Å². The third-order valence-electron chi connectivity index (χ3n) is 7.47. The summed E-state index contributed by atoms with van der Waals surface area (Å²) in [7, 11) is 0. The second kappa shape index (κ2) is 14.5. The van der Waals surface area contributed by atoms with Crippen molar-refractivity contribution in [3.63, 3.8) is 0 Å². The molecule has 1 aromatic heterocycles. The topological polar surface area (TPSA) is 78.1 Å². The molecule has 0 fully saturated rings. The van der Waals surface area contributed by atoms with Gasteiger partial charge in [-0.25, -0.2) is 4.79 Å². The lowest BCUT2D eigenvalue weighted by molar-refractivity contribution is 0.238. The van der Waals surface area contributed by atoms with Gasteiger partial charge in [-0.1, -0.05) is 87.4 Å². The smallest absolute Gasteiger partial charge is 0.343 e. The van der Waals surface area contributed by atoms with Crippen LogP contribution in [0.5, 0.6) is 5.75 Å². The average Bonchev–Trinajstić information content (AvgIpc) is 2.99. The van der Waals surface area contributed by atoms with Gasteiger partial charge < -0.3 is 14.4 Å². The Labute approximate surface area is 237 Å². The number of rotatable bonds is 14. The largest absolute Gasteiger partial charge is 0.507 e. The molecule has 4 rings (SSSR count). The third-order valence-corrected chi connectivity index (χ3v) is 7.47. The minimum Gasteiger partial charge on any atom is -0.507 e. The summed E-state index contributed by atoms with van der Waals surface area (Å²) in [5.74, 6) is -0.695. The predicted octanol–water partition coefficient (Wildman–Crippen LogP) is 7.64. The van der Waals surface area contributed by atoms with Crippen LogP contribution in [0.2, 0.25) is 0 Å². The summed E-state index contributed by atoms with van der Waals surface area (Å²) in [6.07, 6.45) is 4.39. The molecule has 2 N–H and O–H groups in total. The van der Waals surface area contributed by atoms with Crippen LogP contribution in [0.3, 0.4) is 0 Å². The SMILES string of the molecule is CCCCN(CCCC)CC(/C(C)=N/Nc1ccccc1)C(c1ccccc1)c1c(O)c2ccccc2oc1=O. The molecule has 0 bridgehead atoms. The zero-order chi connectivity index (χ0) is 28.3. The quantitative estimate of drug-likeness (QED) is 0.0978. The van der Waals surface area contributed by atoms with Crippen LogP contribution >= 0.6 is 0 Å². The van der Waals surface area contributed by atoms with E-state index in [2.05, 4.69) is 24.2 Å². The Bertz CT molecular complexity index is 1430. The predicted molar refractivity (Wildman–Crippen MR) is 165 cm³/mol. The molecule has 0 aliphatic heterocycles. The normalized spacial score (nSPS) is 13.4. The van der Waals surface area contributed by atoms with Crippen molar-refractivity contribution in [1.82, 2.24) is 4.90 Å². The fraction of sp³-hybridized carbons (Fsp3) is 0.353. The molecule has 1 heterocycles. The Morgan fingerprint density at radius 2 is 1.50 bits per heavy atom. The van der Waals surface area contributed by atoms with E-state index in [4.69, 9.17) is 9.52 Å². The number of para-hydroxylation sites is 2. The van der Waals surface area contributed by atoms with E-state index in [1.165, 1.54) is 0 Å². The number of hydrogen-bond donors (Lipinski definition) is 2. The Morgan fingerprint density at radius 1 is 0.900 bits per heavy atom. The number of anilines is 1. The van der Waals surface area contributed by atoms with Gasteiger partial charge in [-0.05, 0) is 62.7 Å². The van der Waals surface area contributed by atoms with Crippen LogP contribution < -0.4 is 11.1 Å². The summed E-state index contributed by atoms with van der Waals surface area (Å²) in [4.78, 5) is 16.1. The number of nitrogens with zero attached hydrogens (tertiary/aromatic N) is 2. The number of aromatic hydroxyl groups is 1. The number of unbranched alkanes of at least 4 members (excludes halogenated alkanes) is 2. The van der Waals surface area contributed by atoms with E-state index in [1.807, 2.05) is 73.7 Å². The average molecular weight is 540 g/mol. The first kappa shape index (κ1) is 29.1. The van der Waals surface area contributed by atoms with E-state index in [0.29, 0.717) is 17.5 Å². The highest BCUT2D eigenvalue weighted by Gasteiger charge is 2.34. The van der Waals surface area contributed by atoms with Crippen molar-refractivity contribution in [2.45, 2.75) is 52.4 Å². The highest BCUT2D eigenvalue weighted by Crippen LogP contribution is 2.39. The first-order valence-corrected chi connectivity index (χ1v) is 14.4. The number of nitrogens with one attached hydrogen (secondary N) is 1. The summed E-state index contributed by atoms with van der Waals surface area (Å²) in [5, 5.41) is 16.9. The zero-order valence-corrected chi connectivity index (χ0v) is 23.8. The summed E-state index contributed by atoms with van der Waals surface area (Å²) < 4.78 is 5.79. The van der Waals surface area contributed by atoms with Crippen LogP contribution in [0.15, 0.2) is 99.2 Å². The monoisotopic (exact) mass is 539 g/mol. The van der Waals surface area contributed by atoms with Gasteiger partial charge in [0.05, 0.1) is 16.6 Å². The van der Waals surface area contributed by atoms with Gasteiger partial charge in [0.2, 0.25) is 0 Å². The van der Waals surface area contributed by atoms with Crippen molar-refractivity contribution in [1.29, 1.82) is 0 Å². The molecule has 0 aliphatic rings. The molecule has 0 saturated carbocycles. The van der Waals surface area contributed by atoms with E-state index in [1.54, 1.807) is 18.2 Å². The van der Waals surface area contributed by atoms with Crippen LogP contribution in [-0.4, -0.2) is 35.4 Å². The van der Waals surface area contributed by atoms with Crippen molar-refractivity contribution in [3.05, 3.63) is 106 Å². The first-order chi connectivity index (χ1) is 19.5. The van der Waals surface area contributed by atoms with Gasteiger partial charge in [-0.3, -0.25) is 5.43 Å². The number of hydrogen-bond acceptors (Lipinski definition) is 6. The number of hydrazone groups is 1. The standard InChI is InChI=1S/C34H41N3O3/c1-4-6-22-37(23-7-5-2)24-29(25(3)35-36-27-18-12-9-13-19-27)31(26-16-10-8-11-17-26)32-33(38)28-20-14-15-21-30(28)40-34(32)39/h8-21,29,31,36,38H,4-7,22-24H2,1-3H3/b35-25+. The van der Waals surface area contributed by atoms with Gasteiger partial charge in [-0.15, -0.1) is 0 Å². The summed E-state index contributed by atoms with van der Waals surface area (Å²) in [5.41, 5.74) is 6.01. The molecule has 3 aromatic carbocycles. The van der Waals surface area contributed by atoms with Crippen LogP contribution in [0, 0.1) is 5.92 Å². The molecule has 0 amide bonds. The Kier molecular flexibility index (Phi) is 10.5. The van der Waals surface area contributed by atoms with E-state index >= 15 is 0 Å². The molecule has 6 nitrogen and oxygen atoms in total. The Balaban J connectivity index is 1.87. The number of fused-ring (bicyclic) bond motifs is 1. The highest BCUT2D eigenvalue weighted by atomic mass is 16.4. The van der Waals surface area contributed by atoms with Crippen molar-refractivity contribution in [2.24, 2.45) is 11.0 Å². The van der Waals surface area contributed by atoms with E-state index < -0.39 is 11.5 Å². The molecule has 2 atom stereocenters. The van der Waals surface area contributed by atoms with Gasteiger partial charge in [0, 0.05) is 24.1 Å². The fourth-order valence-corrected chi connectivity index (χ4v) is 5.25. The van der Waals surface area contributed by atoms with Crippen molar-refractivity contribution in [2.75, 3.05) is 25.1 Å². The molecule has 0 radical (unpaired) electrons. The van der Waals surface area contributed by atoms with Crippen molar-refractivity contribution >= 4 is 22.4 Å². The van der Waals surface area contributed by atoms with E-state index in [0.717, 1.165) is 55.7 Å². The Hall–Kier alpha value is -3.90. The van der Waals surface area contributed by atoms with Crippen molar-refractivity contribution < 1.29 is 9.52 Å². The molecular weight excluding hydrogens is 498 g/mol. The van der Waals surface area contributed by atoms with Gasteiger partial charge in [0.25, 0.3) is 0 Å². The second-order valence-electron chi connectivity index (χ2n) is 10.4. The summed E-state index contributed by atoms with van der Waals surface area (Å²) in [6, 6.07) is 26.9. The molecule has 40 heavy (non-hydrogen) atoms. The van der Waals surface area contributed by atoms with Crippen LogP contribution in [0.25, 0.3) is 11.0 Å². The fourth-order valence-electron chi connectivity index (χ4n) is 5.25. The van der Waals surface area contributed by atoms with Gasteiger partial charge in [0.1, 0.15) is 11.3 Å². The third kappa shape index (κ3) is 7.19. The van der Waals surface area contributed by atoms with E-state index in [-0.39, 0.29) is 17.2 Å². The molecule has 0 spiro atoms. The Morgan fingerprint density at radius 3 is 2.15 bits per heavy atom. The molecule has 2 unspecified atom stereocenters. The minimum absolute atomic E-state index is 0.0248. The molecule has 4 aromatic rings. The highest BCUT2D eigenvalue weighted by molar-refractivity contribution is 5.88. The van der Waals surface area contributed by atoms with Gasteiger partial charge >= 0.3 is 5.63 Å². The lowest BCUT2D eigenvalue weighted by atomic mass is 9.78. The molecule has 210 valence electrons. The van der Waals surface area contributed by atoms with Gasteiger partial charge in [-0.2, -0.15) is 5.10 Å². The maximum absolute atomic E-state index is 13.6. The second-order valence-corrected chi connectivity index (χ2v) is 10.4. The summed E-state index contributed by atoms with van der Waals surface area (Å²) >= 11 is 0. The summed E-state index contributed by atoms with van der Waals surface area (Å²) in [6.45, 7) is 9.04. The minimum atomic E-state index is -0.521. The zero-order valence-electron chi connectivity index (χ0n) is 23.8. The number of benzene rings is 3.